The van der Waals surface area contributed by atoms with Gasteiger partial charge in [0.25, 0.3) is 0 Å². The van der Waals surface area contributed by atoms with Crippen molar-refractivity contribution in [3.8, 4) is 5.75 Å². The molecule has 0 aromatic heterocycles. The lowest BCUT2D eigenvalue weighted by Crippen LogP contribution is -2.24. The second-order valence-electron chi connectivity index (χ2n) is 7.65. The molecule has 33 heavy (non-hydrogen) atoms. The van der Waals surface area contributed by atoms with E-state index in [0.717, 1.165) is 33.6 Å². The fourth-order valence-electron chi connectivity index (χ4n) is 3.78. The largest absolute Gasteiger partial charge is 0.488 e. The lowest BCUT2D eigenvalue weighted by atomic mass is 9.92. The van der Waals surface area contributed by atoms with Gasteiger partial charge in [-0.1, -0.05) is 54.6 Å². The minimum atomic E-state index is -3.57. The standard InChI is InChI=1S/C26H25NO5S/c1-31-26(28)17-19-13-14-25-24(16-19)23(22-11-6-5-8-20(22)18-32-25)12-7-15-27-33(29,30)21-9-3-2-4-10-21/h2-6,8-14,16,27H,7,15,17-18H2,1H3. The van der Waals surface area contributed by atoms with Crippen LogP contribution in [0.3, 0.4) is 0 Å². The first-order valence-electron chi connectivity index (χ1n) is 10.6. The third-order valence-electron chi connectivity index (χ3n) is 5.44. The first kappa shape index (κ1) is 22.8. The summed E-state index contributed by atoms with van der Waals surface area (Å²) in [5.74, 6) is 0.404. The molecule has 0 spiro atoms. The Hall–Kier alpha value is -3.42. The Morgan fingerprint density at radius 2 is 1.79 bits per heavy atom. The van der Waals surface area contributed by atoms with Gasteiger partial charge in [0, 0.05) is 12.1 Å². The summed E-state index contributed by atoms with van der Waals surface area (Å²) in [6.45, 7) is 0.679. The summed E-state index contributed by atoms with van der Waals surface area (Å²) in [5, 5.41) is 0. The number of carbonyl (C=O) groups is 1. The number of ether oxygens (including phenoxy) is 2. The summed E-state index contributed by atoms with van der Waals surface area (Å²) in [7, 11) is -2.20. The van der Waals surface area contributed by atoms with Crippen LogP contribution < -0.4 is 9.46 Å². The van der Waals surface area contributed by atoms with Crippen molar-refractivity contribution in [1.82, 2.24) is 4.72 Å². The minimum Gasteiger partial charge on any atom is -0.488 e. The SMILES string of the molecule is COC(=O)Cc1ccc2c(c1)C(=CCCNS(=O)(=O)c1ccccc1)c1ccccc1CO2. The molecule has 0 unspecified atom stereocenters. The highest BCUT2D eigenvalue weighted by Gasteiger charge is 2.20. The number of nitrogens with one attached hydrogen (secondary N) is 1. The van der Waals surface area contributed by atoms with Gasteiger partial charge in [-0.15, -0.1) is 0 Å². The Bertz CT molecular complexity index is 1280. The summed E-state index contributed by atoms with van der Waals surface area (Å²) in [6.07, 6.45) is 2.66. The molecule has 0 aliphatic carbocycles. The van der Waals surface area contributed by atoms with Crippen LogP contribution >= 0.6 is 0 Å². The maximum absolute atomic E-state index is 12.5. The van der Waals surface area contributed by atoms with E-state index in [2.05, 4.69) is 4.72 Å². The zero-order valence-electron chi connectivity index (χ0n) is 18.3. The van der Waals surface area contributed by atoms with Crippen molar-refractivity contribution >= 4 is 21.6 Å². The molecule has 1 heterocycles. The summed E-state index contributed by atoms with van der Waals surface area (Å²) in [6, 6.07) is 21.9. The topological polar surface area (TPSA) is 81.7 Å². The van der Waals surface area contributed by atoms with Crippen LogP contribution in [0, 0.1) is 0 Å². The molecule has 3 aromatic rings. The maximum Gasteiger partial charge on any atom is 0.309 e. The van der Waals surface area contributed by atoms with E-state index in [1.54, 1.807) is 30.3 Å². The maximum atomic E-state index is 12.5. The number of sulfonamides is 1. The minimum absolute atomic E-state index is 0.162. The number of benzene rings is 3. The second kappa shape index (κ2) is 10.0. The molecule has 0 saturated heterocycles. The lowest BCUT2D eigenvalue weighted by Gasteiger charge is -2.13. The monoisotopic (exact) mass is 463 g/mol. The Balaban J connectivity index is 1.62. The van der Waals surface area contributed by atoms with Crippen LogP contribution in [-0.4, -0.2) is 28.0 Å². The molecule has 6 nitrogen and oxygen atoms in total. The predicted octanol–water partition coefficient (Wildman–Crippen LogP) is 4.09. The quantitative estimate of drug-likeness (QED) is 0.422. The molecule has 0 fully saturated rings. The van der Waals surface area contributed by atoms with Gasteiger partial charge in [-0.25, -0.2) is 13.1 Å². The Morgan fingerprint density at radius 3 is 2.58 bits per heavy atom. The molecule has 0 atom stereocenters. The van der Waals surface area contributed by atoms with Gasteiger partial charge in [0.2, 0.25) is 10.0 Å². The van der Waals surface area contributed by atoms with Crippen LogP contribution in [0.15, 0.2) is 83.8 Å². The van der Waals surface area contributed by atoms with E-state index in [-0.39, 0.29) is 23.8 Å². The van der Waals surface area contributed by atoms with Gasteiger partial charge in [0.1, 0.15) is 12.4 Å². The highest BCUT2D eigenvalue weighted by Crippen LogP contribution is 2.37. The van der Waals surface area contributed by atoms with E-state index in [0.29, 0.717) is 13.0 Å². The number of methoxy groups -OCH3 is 1. The Kier molecular flexibility index (Phi) is 6.91. The summed E-state index contributed by atoms with van der Waals surface area (Å²) in [5.41, 5.74) is 4.70. The number of carbonyl (C=O) groups excluding carboxylic acids is 1. The molecule has 0 bridgehead atoms. The van der Waals surface area contributed by atoms with Crippen molar-refractivity contribution in [3.63, 3.8) is 0 Å². The zero-order valence-corrected chi connectivity index (χ0v) is 19.1. The Morgan fingerprint density at radius 1 is 1.03 bits per heavy atom. The van der Waals surface area contributed by atoms with Gasteiger partial charge in [-0.3, -0.25) is 4.79 Å². The van der Waals surface area contributed by atoms with Crippen molar-refractivity contribution in [2.45, 2.75) is 24.3 Å². The third kappa shape index (κ3) is 5.32. The van der Waals surface area contributed by atoms with Crippen molar-refractivity contribution in [1.29, 1.82) is 0 Å². The third-order valence-corrected chi connectivity index (χ3v) is 6.92. The van der Waals surface area contributed by atoms with Gasteiger partial charge >= 0.3 is 5.97 Å². The van der Waals surface area contributed by atoms with E-state index >= 15 is 0 Å². The molecular weight excluding hydrogens is 438 g/mol. The number of rotatable bonds is 7. The highest BCUT2D eigenvalue weighted by molar-refractivity contribution is 7.89. The average molecular weight is 464 g/mol. The normalized spacial score (nSPS) is 14.0. The number of esters is 1. The van der Waals surface area contributed by atoms with Gasteiger partial charge in [-0.05, 0) is 52.9 Å². The van der Waals surface area contributed by atoms with Crippen LogP contribution in [0.5, 0.6) is 5.75 Å². The fourth-order valence-corrected chi connectivity index (χ4v) is 4.85. The summed E-state index contributed by atoms with van der Waals surface area (Å²) >= 11 is 0. The summed E-state index contributed by atoms with van der Waals surface area (Å²) < 4.78 is 38.5. The highest BCUT2D eigenvalue weighted by atomic mass is 32.2. The molecule has 170 valence electrons. The van der Waals surface area contributed by atoms with Crippen LogP contribution in [0.25, 0.3) is 5.57 Å². The van der Waals surface area contributed by atoms with Crippen molar-refractivity contribution in [2.75, 3.05) is 13.7 Å². The molecule has 3 aromatic carbocycles. The molecular formula is C26H25NO5S. The molecule has 1 N–H and O–H groups in total. The van der Waals surface area contributed by atoms with E-state index < -0.39 is 10.0 Å². The van der Waals surface area contributed by atoms with Crippen molar-refractivity contribution < 1.29 is 22.7 Å². The molecule has 4 rings (SSSR count). The number of hydrogen-bond donors (Lipinski definition) is 1. The van der Waals surface area contributed by atoms with Gasteiger partial charge in [0.15, 0.2) is 0 Å². The molecule has 0 amide bonds. The van der Waals surface area contributed by atoms with Crippen LogP contribution in [0.4, 0.5) is 0 Å². The first-order chi connectivity index (χ1) is 16.0. The molecule has 7 heteroatoms. The van der Waals surface area contributed by atoms with Gasteiger partial charge < -0.3 is 9.47 Å². The zero-order chi connectivity index (χ0) is 23.3. The van der Waals surface area contributed by atoms with Gasteiger partial charge in [0.05, 0.1) is 18.4 Å². The first-order valence-corrected chi connectivity index (χ1v) is 12.1. The Labute approximate surface area is 193 Å². The van der Waals surface area contributed by atoms with Crippen LogP contribution in [-0.2, 0) is 32.6 Å². The van der Waals surface area contributed by atoms with Crippen LogP contribution in [0.1, 0.15) is 28.7 Å². The second-order valence-corrected chi connectivity index (χ2v) is 9.41. The fraction of sp³-hybridized carbons (Fsp3) is 0.192. The van der Waals surface area contributed by atoms with Crippen molar-refractivity contribution in [2.24, 2.45) is 0 Å². The average Bonchev–Trinajstić information content (AvgIpc) is 2.99. The number of hydrogen-bond acceptors (Lipinski definition) is 5. The van der Waals surface area contributed by atoms with E-state index in [4.69, 9.17) is 9.47 Å². The molecule has 1 aliphatic heterocycles. The predicted molar refractivity (Wildman–Crippen MR) is 126 cm³/mol. The van der Waals surface area contributed by atoms with Gasteiger partial charge in [-0.2, -0.15) is 0 Å². The van der Waals surface area contributed by atoms with E-state index in [9.17, 15) is 13.2 Å². The molecule has 0 saturated carbocycles. The van der Waals surface area contributed by atoms with Crippen LogP contribution in [0.2, 0.25) is 0 Å². The number of fused-ring (bicyclic) bond motifs is 2. The summed E-state index contributed by atoms with van der Waals surface area (Å²) in [4.78, 5) is 12.0. The molecule has 1 aliphatic rings. The smallest absolute Gasteiger partial charge is 0.309 e. The molecule has 0 radical (unpaired) electrons. The van der Waals surface area contributed by atoms with E-state index in [1.165, 1.54) is 7.11 Å². The van der Waals surface area contributed by atoms with Crippen molar-refractivity contribution in [3.05, 3.63) is 101 Å². The van der Waals surface area contributed by atoms with E-state index in [1.807, 2.05) is 48.5 Å². The lowest BCUT2D eigenvalue weighted by molar-refractivity contribution is -0.139.